The topological polar surface area (TPSA) is 0 Å². The largest absolute Gasteiger partial charge is 0.207 e. The molecule has 0 N–H and O–H groups in total. The Labute approximate surface area is 105 Å². The first-order valence-corrected chi connectivity index (χ1v) is 6.79. The van der Waals surface area contributed by atoms with Crippen LogP contribution in [0.4, 0.5) is 4.39 Å². The van der Waals surface area contributed by atoms with Gasteiger partial charge in [0.25, 0.3) is 0 Å². The summed E-state index contributed by atoms with van der Waals surface area (Å²) in [5.74, 6) is -0.113. The van der Waals surface area contributed by atoms with Crippen molar-refractivity contribution in [2.75, 3.05) is 0 Å². The molecule has 0 aliphatic heterocycles. The number of hydrogen-bond acceptors (Lipinski definition) is 0. The smallest absolute Gasteiger partial charge is 0.123 e. The van der Waals surface area contributed by atoms with Gasteiger partial charge in [0.15, 0.2) is 0 Å². The van der Waals surface area contributed by atoms with E-state index in [2.05, 4.69) is 29.8 Å². The van der Waals surface area contributed by atoms with Crippen molar-refractivity contribution in [3.63, 3.8) is 0 Å². The van der Waals surface area contributed by atoms with Crippen LogP contribution in [-0.4, -0.2) is 4.83 Å². The molecule has 0 amide bonds. The van der Waals surface area contributed by atoms with Crippen LogP contribution < -0.4 is 0 Å². The van der Waals surface area contributed by atoms with Crippen LogP contribution in [0.3, 0.4) is 0 Å². The van der Waals surface area contributed by atoms with Gasteiger partial charge in [0.1, 0.15) is 5.82 Å². The van der Waals surface area contributed by atoms with Crippen LogP contribution in [0, 0.1) is 18.2 Å². The van der Waals surface area contributed by atoms with Gasteiger partial charge in [0.05, 0.1) is 0 Å². The summed E-state index contributed by atoms with van der Waals surface area (Å²) >= 11 is 3.69. The van der Waals surface area contributed by atoms with Crippen molar-refractivity contribution in [3.8, 4) is 0 Å². The molecule has 0 aromatic heterocycles. The molecule has 2 rings (SSSR count). The maximum absolute atomic E-state index is 13.2. The third-order valence-electron chi connectivity index (χ3n) is 3.70. The highest BCUT2D eigenvalue weighted by Gasteiger charge is 2.34. The van der Waals surface area contributed by atoms with E-state index in [0.29, 0.717) is 10.2 Å². The molecule has 0 spiro atoms. The Morgan fingerprint density at radius 3 is 2.88 bits per heavy atom. The van der Waals surface area contributed by atoms with E-state index in [1.807, 2.05) is 6.07 Å². The molecule has 0 heterocycles. The molecule has 1 aliphatic carbocycles. The normalized spacial score (nSPS) is 29.6. The monoisotopic (exact) mass is 284 g/mol. The summed E-state index contributed by atoms with van der Waals surface area (Å²) in [6, 6.07) is 5.12. The van der Waals surface area contributed by atoms with E-state index < -0.39 is 0 Å². The van der Waals surface area contributed by atoms with Gasteiger partial charge in [-0.2, -0.15) is 0 Å². The maximum Gasteiger partial charge on any atom is 0.123 e. The number of alkyl halides is 1. The predicted molar refractivity (Wildman–Crippen MR) is 69.5 cm³/mol. The Morgan fingerprint density at radius 2 is 2.25 bits per heavy atom. The van der Waals surface area contributed by atoms with E-state index in [-0.39, 0.29) is 5.82 Å². The quantitative estimate of drug-likeness (QED) is 0.695. The summed E-state index contributed by atoms with van der Waals surface area (Å²) in [6.45, 7) is 4.39. The summed E-state index contributed by atoms with van der Waals surface area (Å²) in [4.78, 5) is 0.645. The second-order valence-electron chi connectivity index (χ2n) is 5.40. The SMILES string of the molecule is Cc1ccc(F)cc1CC1(C)CCC(Br)C1. The third kappa shape index (κ3) is 2.65. The lowest BCUT2D eigenvalue weighted by Gasteiger charge is -2.24. The van der Waals surface area contributed by atoms with E-state index in [9.17, 15) is 4.39 Å². The molecule has 1 aromatic rings. The molecule has 0 radical (unpaired) electrons. The van der Waals surface area contributed by atoms with Gasteiger partial charge < -0.3 is 0 Å². The van der Waals surface area contributed by atoms with Crippen LogP contribution in [0.25, 0.3) is 0 Å². The minimum atomic E-state index is -0.113. The molecule has 2 unspecified atom stereocenters. The Hall–Kier alpha value is -0.370. The highest BCUT2D eigenvalue weighted by molar-refractivity contribution is 9.09. The molecule has 2 atom stereocenters. The standard InChI is InChI=1S/C14H18BrF/c1-10-3-4-13(16)7-11(10)8-14(2)6-5-12(15)9-14/h3-4,7,12H,5-6,8-9H2,1-2H3. The first-order chi connectivity index (χ1) is 7.48. The molecular formula is C14H18BrF. The molecular weight excluding hydrogens is 267 g/mol. The first-order valence-electron chi connectivity index (χ1n) is 5.88. The molecule has 0 saturated heterocycles. The molecule has 2 heteroatoms. The molecule has 16 heavy (non-hydrogen) atoms. The van der Waals surface area contributed by atoms with Crippen molar-refractivity contribution < 1.29 is 4.39 Å². The first kappa shape index (κ1) is 12.1. The van der Waals surface area contributed by atoms with Gasteiger partial charge >= 0.3 is 0 Å². The van der Waals surface area contributed by atoms with Crippen LogP contribution in [0.15, 0.2) is 18.2 Å². The Kier molecular flexibility index (Phi) is 3.39. The second kappa shape index (κ2) is 4.48. The van der Waals surface area contributed by atoms with E-state index in [1.54, 1.807) is 12.1 Å². The van der Waals surface area contributed by atoms with E-state index in [4.69, 9.17) is 0 Å². The van der Waals surface area contributed by atoms with Gasteiger partial charge in [-0.25, -0.2) is 4.39 Å². The van der Waals surface area contributed by atoms with Gasteiger partial charge in [-0.05, 0) is 61.3 Å². The third-order valence-corrected chi connectivity index (χ3v) is 4.49. The van der Waals surface area contributed by atoms with E-state index >= 15 is 0 Å². The summed E-state index contributed by atoms with van der Waals surface area (Å²) in [5, 5.41) is 0. The average molecular weight is 285 g/mol. The molecule has 0 nitrogen and oxygen atoms in total. The molecule has 1 aromatic carbocycles. The fraction of sp³-hybridized carbons (Fsp3) is 0.571. The van der Waals surface area contributed by atoms with Crippen molar-refractivity contribution in [1.29, 1.82) is 0 Å². The lowest BCUT2D eigenvalue weighted by Crippen LogP contribution is -2.16. The van der Waals surface area contributed by atoms with Crippen LogP contribution in [-0.2, 0) is 6.42 Å². The van der Waals surface area contributed by atoms with Gasteiger partial charge in [0, 0.05) is 4.83 Å². The van der Waals surface area contributed by atoms with Crippen molar-refractivity contribution in [2.24, 2.45) is 5.41 Å². The van der Waals surface area contributed by atoms with Gasteiger partial charge in [-0.15, -0.1) is 0 Å². The van der Waals surface area contributed by atoms with E-state index in [0.717, 1.165) is 6.42 Å². The summed E-state index contributed by atoms with van der Waals surface area (Å²) in [7, 11) is 0. The van der Waals surface area contributed by atoms with Gasteiger partial charge in [-0.1, -0.05) is 28.9 Å². The highest BCUT2D eigenvalue weighted by atomic mass is 79.9. The zero-order valence-electron chi connectivity index (χ0n) is 9.89. The lowest BCUT2D eigenvalue weighted by molar-refractivity contribution is 0.335. The Morgan fingerprint density at radius 1 is 1.50 bits per heavy atom. The lowest BCUT2D eigenvalue weighted by atomic mass is 9.81. The zero-order valence-corrected chi connectivity index (χ0v) is 11.5. The minimum absolute atomic E-state index is 0.113. The summed E-state index contributed by atoms with van der Waals surface area (Å²) in [5.41, 5.74) is 2.72. The van der Waals surface area contributed by atoms with Gasteiger partial charge in [-0.3, -0.25) is 0 Å². The molecule has 1 aliphatic rings. The van der Waals surface area contributed by atoms with E-state index in [1.165, 1.54) is 30.4 Å². The predicted octanol–water partition coefficient (Wildman–Crippen LogP) is 4.63. The van der Waals surface area contributed by atoms with Crippen molar-refractivity contribution in [2.45, 2.75) is 44.4 Å². The fourth-order valence-electron chi connectivity index (χ4n) is 2.69. The van der Waals surface area contributed by atoms with Crippen molar-refractivity contribution in [3.05, 3.63) is 35.1 Å². The molecule has 0 bridgehead atoms. The maximum atomic E-state index is 13.2. The molecule has 88 valence electrons. The van der Waals surface area contributed by atoms with Crippen LogP contribution in [0.5, 0.6) is 0 Å². The minimum Gasteiger partial charge on any atom is -0.207 e. The second-order valence-corrected chi connectivity index (χ2v) is 6.69. The number of aryl methyl sites for hydroxylation is 1. The summed E-state index contributed by atoms with van der Waals surface area (Å²) in [6.07, 6.45) is 4.67. The fourth-order valence-corrected chi connectivity index (χ4v) is 3.71. The summed E-state index contributed by atoms with van der Waals surface area (Å²) < 4.78 is 13.2. The molecule has 1 saturated carbocycles. The van der Waals surface area contributed by atoms with Crippen molar-refractivity contribution in [1.82, 2.24) is 0 Å². The average Bonchev–Trinajstić information content (AvgIpc) is 2.52. The number of halogens is 2. The molecule has 1 fully saturated rings. The van der Waals surface area contributed by atoms with Crippen LogP contribution in [0.2, 0.25) is 0 Å². The number of benzene rings is 1. The van der Waals surface area contributed by atoms with Gasteiger partial charge in [0.2, 0.25) is 0 Å². The number of hydrogen-bond donors (Lipinski definition) is 0. The zero-order chi connectivity index (χ0) is 11.8. The van der Waals surface area contributed by atoms with Crippen molar-refractivity contribution >= 4 is 15.9 Å². The van der Waals surface area contributed by atoms with Crippen LogP contribution >= 0.6 is 15.9 Å². The number of rotatable bonds is 2. The highest BCUT2D eigenvalue weighted by Crippen LogP contribution is 2.43. The Balaban J connectivity index is 2.17. The van der Waals surface area contributed by atoms with Crippen LogP contribution in [0.1, 0.15) is 37.3 Å². The Bertz CT molecular complexity index is 388.